The molecule has 0 saturated carbocycles. The first-order valence-electron chi connectivity index (χ1n) is 4.95. The summed E-state index contributed by atoms with van der Waals surface area (Å²) in [4.78, 5) is 3.78. The van der Waals surface area contributed by atoms with Gasteiger partial charge < -0.3 is 0 Å². The molecular weight excluding hydrogens is 146 g/mol. The average Bonchev–Trinajstić information content (AvgIpc) is 2.10. The topological polar surface area (TPSA) is 12.4 Å². The summed E-state index contributed by atoms with van der Waals surface area (Å²) < 4.78 is 0. The second kappa shape index (κ2) is 8.51. The average molecular weight is 167 g/mol. The van der Waals surface area contributed by atoms with Crippen molar-refractivity contribution in [1.29, 1.82) is 0 Å². The van der Waals surface area contributed by atoms with Gasteiger partial charge in [-0.15, -0.1) is 0 Å². The van der Waals surface area contributed by atoms with Crippen LogP contribution >= 0.6 is 0 Å². The van der Waals surface area contributed by atoms with Crippen molar-refractivity contribution in [2.45, 2.75) is 51.9 Å². The molecule has 0 aliphatic heterocycles. The van der Waals surface area contributed by atoms with Gasteiger partial charge in [-0.25, -0.2) is 0 Å². The SMILES string of the molecule is C=NC(=C)CCCCCCCC. The smallest absolute Gasteiger partial charge is 0.0324 e. The number of nitrogens with zero attached hydrogens (tertiary/aromatic N) is 1. The summed E-state index contributed by atoms with van der Waals surface area (Å²) in [7, 11) is 0. The van der Waals surface area contributed by atoms with Gasteiger partial charge in [0.1, 0.15) is 0 Å². The molecule has 0 unspecified atom stereocenters. The second-order valence-electron chi connectivity index (χ2n) is 3.24. The summed E-state index contributed by atoms with van der Waals surface area (Å²) in [5.41, 5.74) is 0.936. The van der Waals surface area contributed by atoms with Gasteiger partial charge in [0.15, 0.2) is 0 Å². The molecule has 1 nitrogen and oxygen atoms in total. The van der Waals surface area contributed by atoms with Crippen LogP contribution in [0.25, 0.3) is 0 Å². The molecule has 0 radical (unpaired) electrons. The molecule has 0 aliphatic rings. The predicted molar refractivity (Wildman–Crippen MR) is 56.7 cm³/mol. The molecule has 0 aromatic heterocycles. The summed E-state index contributed by atoms with van der Waals surface area (Å²) in [6.45, 7) is 9.46. The Labute approximate surface area is 76.6 Å². The predicted octanol–water partition coefficient (Wildman–Crippen LogP) is 3.95. The Hall–Kier alpha value is -0.590. The van der Waals surface area contributed by atoms with Crippen molar-refractivity contribution in [1.82, 2.24) is 0 Å². The fourth-order valence-electron chi connectivity index (χ4n) is 1.19. The van der Waals surface area contributed by atoms with Crippen molar-refractivity contribution < 1.29 is 0 Å². The van der Waals surface area contributed by atoms with Gasteiger partial charge in [-0.2, -0.15) is 0 Å². The van der Waals surface area contributed by atoms with Crippen LogP contribution in [-0.2, 0) is 0 Å². The molecule has 1 heteroatoms. The van der Waals surface area contributed by atoms with E-state index in [-0.39, 0.29) is 0 Å². The number of unbranched alkanes of at least 4 members (excludes halogenated alkanes) is 5. The van der Waals surface area contributed by atoms with Crippen LogP contribution in [0.3, 0.4) is 0 Å². The first-order valence-corrected chi connectivity index (χ1v) is 4.95. The highest BCUT2D eigenvalue weighted by molar-refractivity contribution is 5.27. The monoisotopic (exact) mass is 167 g/mol. The molecular formula is C11H21N. The van der Waals surface area contributed by atoms with Crippen molar-refractivity contribution >= 4 is 6.72 Å². The molecule has 0 rings (SSSR count). The Kier molecular flexibility index (Phi) is 8.09. The van der Waals surface area contributed by atoms with Crippen molar-refractivity contribution in [3.8, 4) is 0 Å². The van der Waals surface area contributed by atoms with E-state index in [1.54, 1.807) is 0 Å². The van der Waals surface area contributed by atoms with Crippen LogP contribution in [0.4, 0.5) is 0 Å². The van der Waals surface area contributed by atoms with E-state index in [1.807, 2.05) is 0 Å². The first kappa shape index (κ1) is 11.4. The minimum Gasteiger partial charge on any atom is -0.270 e. The van der Waals surface area contributed by atoms with E-state index < -0.39 is 0 Å². The molecule has 0 fully saturated rings. The van der Waals surface area contributed by atoms with E-state index in [0.717, 1.165) is 12.1 Å². The molecule has 0 spiro atoms. The Bertz CT molecular complexity index is 127. The maximum Gasteiger partial charge on any atom is 0.0324 e. The highest BCUT2D eigenvalue weighted by Crippen LogP contribution is 2.10. The van der Waals surface area contributed by atoms with Crippen LogP contribution in [0.1, 0.15) is 51.9 Å². The van der Waals surface area contributed by atoms with Gasteiger partial charge in [0, 0.05) is 5.70 Å². The third-order valence-corrected chi connectivity index (χ3v) is 2.04. The second-order valence-corrected chi connectivity index (χ2v) is 3.24. The molecule has 0 aromatic carbocycles. The van der Waals surface area contributed by atoms with Crippen molar-refractivity contribution in [3.05, 3.63) is 12.3 Å². The quantitative estimate of drug-likeness (QED) is 0.383. The highest BCUT2D eigenvalue weighted by Gasteiger charge is 1.91. The third-order valence-electron chi connectivity index (χ3n) is 2.04. The molecule has 0 atom stereocenters. The van der Waals surface area contributed by atoms with Gasteiger partial charge >= 0.3 is 0 Å². The van der Waals surface area contributed by atoms with Gasteiger partial charge in [0.05, 0.1) is 0 Å². The lowest BCUT2D eigenvalue weighted by molar-refractivity contribution is 0.606. The molecule has 0 amide bonds. The fraction of sp³-hybridized carbons (Fsp3) is 0.727. The van der Waals surface area contributed by atoms with Crippen molar-refractivity contribution in [2.75, 3.05) is 0 Å². The lowest BCUT2D eigenvalue weighted by Gasteiger charge is -1.99. The molecule has 0 aliphatic carbocycles. The minimum atomic E-state index is 0.936. The third kappa shape index (κ3) is 7.52. The largest absolute Gasteiger partial charge is 0.270 e. The van der Waals surface area contributed by atoms with Gasteiger partial charge in [-0.3, -0.25) is 4.99 Å². The Balaban J connectivity index is 3.00. The van der Waals surface area contributed by atoms with Gasteiger partial charge in [0.2, 0.25) is 0 Å². The van der Waals surface area contributed by atoms with E-state index in [1.165, 1.54) is 38.5 Å². The van der Waals surface area contributed by atoms with E-state index in [9.17, 15) is 0 Å². The normalized spacial score (nSPS) is 9.75. The summed E-state index contributed by atoms with van der Waals surface area (Å²) in [6.07, 6.45) is 9.00. The maximum absolute atomic E-state index is 3.78. The summed E-state index contributed by atoms with van der Waals surface area (Å²) in [5, 5.41) is 0. The summed E-state index contributed by atoms with van der Waals surface area (Å²) in [6, 6.07) is 0. The standard InChI is InChI=1S/C11H21N/c1-4-5-6-7-8-9-10-11(2)12-3/h2-10H2,1H3. The van der Waals surface area contributed by atoms with Crippen LogP contribution < -0.4 is 0 Å². The number of rotatable bonds is 8. The first-order chi connectivity index (χ1) is 5.81. The number of allylic oxidation sites excluding steroid dienone is 1. The van der Waals surface area contributed by atoms with E-state index in [2.05, 4.69) is 25.2 Å². The highest BCUT2D eigenvalue weighted by atomic mass is 14.7. The Morgan fingerprint density at radius 2 is 1.67 bits per heavy atom. The zero-order valence-corrected chi connectivity index (χ0v) is 8.31. The molecule has 0 bridgehead atoms. The number of hydrogen-bond donors (Lipinski definition) is 0. The van der Waals surface area contributed by atoms with Gasteiger partial charge in [-0.05, 0) is 19.6 Å². The van der Waals surface area contributed by atoms with Gasteiger partial charge in [0.25, 0.3) is 0 Å². The Morgan fingerprint density at radius 1 is 1.08 bits per heavy atom. The molecule has 0 saturated heterocycles. The molecule has 12 heavy (non-hydrogen) atoms. The molecule has 0 heterocycles. The summed E-state index contributed by atoms with van der Waals surface area (Å²) in [5.74, 6) is 0. The van der Waals surface area contributed by atoms with Crippen LogP contribution in [-0.4, -0.2) is 6.72 Å². The van der Waals surface area contributed by atoms with E-state index in [4.69, 9.17) is 0 Å². The lowest BCUT2D eigenvalue weighted by Crippen LogP contribution is -1.80. The number of aliphatic imine (C=N–C) groups is 1. The van der Waals surface area contributed by atoms with E-state index in [0.29, 0.717) is 0 Å². The maximum atomic E-state index is 3.78. The van der Waals surface area contributed by atoms with Crippen LogP contribution in [0.2, 0.25) is 0 Å². The van der Waals surface area contributed by atoms with Gasteiger partial charge in [-0.1, -0.05) is 45.6 Å². The molecule has 0 N–H and O–H groups in total. The van der Waals surface area contributed by atoms with Crippen LogP contribution in [0, 0.1) is 0 Å². The van der Waals surface area contributed by atoms with E-state index >= 15 is 0 Å². The Morgan fingerprint density at radius 3 is 2.25 bits per heavy atom. The summed E-state index contributed by atoms with van der Waals surface area (Å²) >= 11 is 0. The molecule has 70 valence electrons. The number of hydrogen-bond acceptors (Lipinski definition) is 1. The fourth-order valence-corrected chi connectivity index (χ4v) is 1.19. The molecule has 0 aromatic rings. The zero-order chi connectivity index (χ0) is 9.23. The lowest BCUT2D eigenvalue weighted by atomic mass is 10.1. The zero-order valence-electron chi connectivity index (χ0n) is 8.31. The van der Waals surface area contributed by atoms with Crippen molar-refractivity contribution in [3.63, 3.8) is 0 Å². The van der Waals surface area contributed by atoms with Crippen molar-refractivity contribution in [2.24, 2.45) is 4.99 Å². The van der Waals surface area contributed by atoms with Crippen LogP contribution in [0.15, 0.2) is 17.3 Å². The van der Waals surface area contributed by atoms with Crippen LogP contribution in [0.5, 0.6) is 0 Å². The minimum absolute atomic E-state index is 0.936.